The zero-order valence-electron chi connectivity index (χ0n) is 40.2. The number of benzene rings is 11. The number of anilines is 3. The van der Waals surface area contributed by atoms with Crippen molar-refractivity contribution in [2.75, 3.05) is 4.90 Å². The molecule has 340 valence electrons. The third-order valence-corrected chi connectivity index (χ3v) is 15.8. The second-order valence-electron chi connectivity index (χ2n) is 19.9. The molecule has 2 nitrogen and oxygen atoms in total. The highest BCUT2D eigenvalue weighted by Crippen LogP contribution is 2.57. The lowest BCUT2D eigenvalue weighted by Crippen LogP contribution is -2.28. The predicted molar refractivity (Wildman–Crippen MR) is 300 cm³/mol. The third kappa shape index (κ3) is 6.28. The standard InChI is InChI=1S/C70H49NO/c1-69(2)62-28-13-9-23-56(62)58-43-41-53(45-64(58)69)71(66-30-15-11-22-54(66)47-18-5-3-6-19-47)52-39-34-46(35-40-52)49-36-42-59-57-24-10-14-29-63(57)70(65(59)44-49,50-20-7-4-8-21-50)51-37-32-48(33-38-51)55-26-17-27-61-60-25-12-16-31-67(60)72-68(55)61/h3-45H,1-2H3. The molecule has 0 saturated carbocycles. The summed E-state index contributed by atoms with van der Waals surface area (Å²) < 4.78 is 6.53. The maximum atomic E-state index is 6.53. The molecule has 0 N–H and O–H groups in total. The van der Waals surface area contributed by atoms with Gasteiger partial charge in [0.05, 0.1) is 11.1 Å². The molecule has 0 fully saturated rings. The van der Waals surface area contributed by atoms with Gasteiger partial charge in [0.25, 0.3) is 0 Å². The lowest BCUT2D eigenvalue weighted by Gasteiger charge is -2.34. The monoisotopic (exact) mass is 919 g/mol. The average Bonchev–Trinajstić information content (AvgIpc) is 4.05. The van der Waals surface area contributed by atoms with Crippen molar-refractivity contribution in [3.05, 3.63) is 294 Å². The lowest BCUT2D eigenvalue weighted by atomic mass is 9.67. The summed E-state index contributed by atoms with van der Waals surface area (Å²) >= 11 is 0. The first-order chi connectivity index (χ1) is 35.5. The first-order valence-electron chi connectivity index (χ1n) is 25.1. The van der Waals surface area contributed by atoms with E-state index in [1.54, 1.807) is 0 Å². The molecule has 72 heavy (non-hydrogen) atoms. The van der Waals surface area contributed by atoms with Crippen LogP contribution in [0.3, 0.4) is 0 Å². The quantitative estimate of drug-likeness (QED) is 0.151. The van der Waals surface area contributed by atoms with Crippen LogP contribution in [0.4, 0.5) is 17.1 Å². The summed E-state index contributed by atoms with van der Waals surface area (Å²) in [7, 11) is 0. The molecule has 1 aromatic heterocycles. The Hall–Kier alpha value is -8.98. The Labute approximate surface area is 420 Å². The van der Waals surface area contributed by atoms with Crippen LogP contribution in [0.1, 0.15) is 47.2 Å². The number of hydrogen-bond donors (Lipinski definition) is 0. The average molecular weight is 920 g/mol. The van der Waals surface area contributed by atoms with Gasteiger partial charge in [0, 0.05) is 38.7 Å². The summed E-state index contributed by atoms with van der Waals surface area (Å²) in [5.41, 5.74) is 24.3. The van der Waals surface area contributed by atoms with Crippen molar-refractivity contribution < 1.29 is 4.42 Å². The zero-order chi connectivity index (χ0) is 48.0. The van der Waals surface area contributed by atoms with Crippen LogP contribution in [-0.2, 0) is 10.8 Å². The van der Waals surface area contributed by atoms with Gasteiger partial charge in [-0.3, -0.25) is 0 Å². The Kier molecular flexibility index (Phi) is 9.50. The molecule has 0 bridgehead atoms. The van der Waals surface area contributed by atoms with E-state index in [1.165, 1.54) is 72.3 Å². The molecule has 0 aliphatic heterocycles. The SMILES string of the molecule is CC1(C)c2ccccc2-c2ccc(N(c3ccc(-c4ccc5c(c4)C(c4ccccc4)(c4ccc(-c6cccc7c6oc6ccccc67)cc4)c4ccccc4-5)cc3)c3ccccc3-c3ccccc3)cc21. The lowest BCUT2D eigenvalue weighted by molar-refractivity contribution is 0.660. The highest BCUT2D eigenvalue weighted by molar-refractivity contribution is 6.09. The van der Waals surface area contributed by atoms with E-state index < -0.39 is 5.41 Å². The molecule has 2 aliphatic rings. The second-order valence-corrected chi connectivity index (χ2v) is 19.9. The van der Waals surface area contributed by atoms with Crippen LogP contribution in [0.25, 0.3) is 77.6 Å². The van der Waals surface area contributed by atoms with E-state index in [0.29, 0.717) is 0 Å². The van der Waals surface area contributed by atoms with Crippen molar-refractivity contribution in [2.45, 2.75) is 24.7 Å². The Bertz CT molecular complexity index is 4050. The van der Waals surface area contributed by atoms with Crippen molar-refractivity contribution in [3.8, 4) is 55.6 Å². The number of fused-ring (bicyclic) bond motifs is 9. The highest BCUT2D eigenvalue weighted by Gasteiger charge is 2.46. The fourth-order valence-electron chi connectivity index (χ4n) is 12.4. The molecule has 14 rings (SSSR count). The minimum absolute atomic E-state index is 0.134. The molecule has 11 aromatic carbocycles. The number of rotatable bonds is 8. The molecule has 12 aromatic rings. The van der Waals surface area contributed by atoms with Crippen molar-refractivity contribution in [1.82, 2.24) is 0 Å². The fourth-order valence-corrected chi connectivity index (χ4v) is 12.4. The number of nitrogens with zero attached hydrogens (tertiary/aromatic N) is 1. The maximum Gasteiger partial charge on any atom is 0.143 e. The van der Waals surface area contributed by atoms with Gasteiger partial charge in [-0.2, -0.15) is 0 Å². The number of para-hydroxylation sites is 3. The Morgan fingerprint density at radius 1 is 0.319 bits per heavy atom. The van der Waals surface area contributed by atoms with E-state index in [1.807, 2.05) is 6.07 Å². The summed E-state index contributed by atoms with van der Waals surface area (Å²) in [6, 6.07) is 96.0. The molecule has 1 unspecified atom stereocenters. The van der Waals surface area contributed by atoms with Crippen LogP contribution in [0, 0.1) is 0 Å². The summed E-state index contributed by atoms with van der Waals surface area (Å²) in [5.74, 6) is 0. The van der Waals surface area contributed by atoms with Crippen LogP contribution in [0.2, 0.25) is 0 Å². The molecule has 2 heteroatoms. The molecule has 1 heterocycles. The van der Waals surface area contributed by atoms with Gasteiger partial charge in [-0.15, -0.1) is 0 Å². The molecular formula is C70H49NO. The topological polar surface area (TPSA) is 16.4 Å². The normalized spacial score (nSPS) is 15.0. The van der Waals surface area contributed by atoms with E-state index in [2.05, 4.69) is 274 Å². The van der Waals surface area contributed by atoms with Crippen molar-refractivity contribution in [2.24, 2.45) is 0 Å². The van der Waals surface area contributed by atoms with Gasteiger partial charge in [-0.1, -0.05) is 232 Å². The molecule has 0 radical (unpaired) electrons. The Morgan fingerprint density at radius 3 is 1.64 bits per heavy atom. The van der Waals surface area contributed by atoms with E-state index >= 15 is 0 Å². The number of hydrogen-bond acceptors (Lipinski definition) is 2. The molecule has 1 atom stereocenters. The van der Waals surface area contributed by atoms with Crippen molar-refractivity contribution in [1.29, 1.82) is 0 Å². The van der Waals surface area contributed by atoms with Gasteiger partial charge in [0.1, 0.15) is 11.2 Å². The molecule has 0 amide bonds. The predicted octanol–water partition coefficient (Wildman–Crippen LogP) is 18.7. The van der Waals surface area contributed by atoms with Gasteiger partial charge in [-0.25, -0.2) is 0 Å². The zero-order valence-corrected chi connectivity index (χ0v) is 40.2. The van der Waals surface area contributed by atoms with Gasteiger partial charge in [0.2, 0.25) is 0 Å². The minimum atomic E-state index is -0.564. The molecule has 0 saturated heterocycles. The van der Waals surface area contributed by atoms with Gasteiger partial charge in [0.15, 0.2) is 0 Å². The molecule has 0 spiro atoms. The van der Waals surface area contributed by atoms with Crippen LogP contribution in [-0.4, -0.2) is 0 Å². The summed E-state index contributed by atoms with van der Waals surface area (Å²) in [6.07, 6.45) is 0. The highest BCUT2D eigenvalue weighted by atomic mass is 16.3. The van der Waals surface area contributed by atoms with Gasteiger partial charge >= 0.3 is 0 Å². The largest absolute Gasteiger partial charge is 0.455 e. The van der Waals surface area contributed by atoms with E-state index in [-0.39, 0.29) is 5.41 Å². The minimum Gasteiger partial charge on any atom is -0.455 e. The van der Waals surface area contributed by atoms with Crippen molar-refractivity contribution in [3.63, 3.8) is 0 Å². The summed E-state index contributed by atoms with van der Waals surface area (Å²) in [5, 5.41) is 2.27. The Morgan fingerprint density at radius 2 is 0.847 bits per heavy atom. The van der Waals surface area contributed by atoms with Crippen LogP contribution >= 0.6 is 0 Å². The first kappa shape index (κ1) is 41.9. The fraction of sp³-hybridized carbons (Fsp3) is 0.0571. The van der Waals surface area contributed by atoms with Crippen LogP contribution < -0.4 is 4.90 Å². The van der Waals surface area contributed by atoms with Crippen LogP contribution in [0.15, 0.2) is 265 Å². The van der Waals surface area contributed by atoms with E-state index in [9.17, 15) is 0 Å². The number of furan rings is 1. The van der Waals surface area contributed by atoms with Crippen molar-refractivity contribution >= 4 is 39.0 Å². The van der Waals surface area contributed by atoms with E-state index in [0.717, 1.165) is 55.7 Å². The summed E-state index contributed by atoms with van der Waals surface area (Å²) in [6.45, 7) is 4.72. The molecule has 2 aliphatic carbocycles. The van der Waals surface area contributed by atoms with E-state index in [4.69, 9.17) is 4.42 Å². The summed E-state index contributed by atoms with van der Waals surface area (Å²) in [4.78, 5) is 2.45. The third-order valence-electron chi connectivity index (χ3n) is 15.8. The second kappa shape index (κ2) is 16.3. The molecular weight excluding hydrogens is 871 g/mol. The maximum absolute atomic E-state index is 6.53. The van der Waals surface area contributed by atoms with Gasteiger partial charge in [-0.05, 0) is 120 Å². The first-order valence-corrected chi connectivity index (χ1v) is 25.1. The van der Waals surface area contributed by atoms with Crippen LogP contribution in [0.5, 0.6) is 0 Å². The van der Waals surface area contributed by atoms with Gasteiger partial charge < -0.3 is 9.32 Å². The smallest absolute Gasteiger partial charge is 0.143 e. The Balaban J connectivity index is 0.900.